The summed E-state index contributed by atoms with van der Waals surface area (Å²) in [5.41, 5.74) is 1.28. The first-order valence-corrected chi connectivity index (χ1v) is 10.4. The Hall–Kier alpha value is -1.20. The maximum Gasteiger partial charge on any atom is 0.191 e. The molecular formula is C20H31N3OS. The van der Waals surface area contributed by atoms with Gasteiger partial charge in [-0.15, -0.1) is 0 Å². The summed E-state index contributed by atoms with van der Waals surface area (Å²) in [4.78, 5) is 4.41. The molecule has 0 bridgehead atoms. The summed E-state index contributed by atoms with van der Waals surface area (Å²) in [5.74, 6) is 2.67. The molecule has 0 amide bonds. The number of hydrogen-bond donors (Lipinski definition) is 2. The molecule has 2 N–H and O–H groups in total. The van der Waals surface area contributed by atoms with E-state index in [9.17, 15) is 0 Å². The molecule has 3 atom stereocenters. The van der Waals surface area contributed by atoms with Crippen LogP contribution < -0.4 is 10.6 Å². The van der Waals surface area contributed by atoms with Crippen LogP contribution in [0.1, 0.15) is 44.3 Å². The fraction of sp³-hybridized carbons (Fsp3) is 0.650. The summed E-state index contributed by atoms with van der Waals surface area (Å²) in [6.45, 7) is 5.08. The highest BCUT2D eigenvalue weighted by Gasteiger charge is 2.30. The maximum absolute atomic E-state index is 6.10. The second-order valence-corrected chi connectivity index (χ2v) is 9.00. The minimum Gasteiger partial charge on any atom is -0.373 e. The van der Waals surface area contributed by atoms with Crippen molar-refractivity contribution < 1.29 is 4.74 Å². The molecule has 138 valence electrons. The zero-order chi connectivity index (χ0) is 17.5. The van der Waals surface area contributed by atoms with Crippen molar-refractivity contribution in [1.29, 1.82) is 0 Å². The van der Waals surface area contributed by atoms with Crippen LogP contribution in [-0.2, 0) is 4.74 Å². The van der Waals surface area contributed by atoms with Crippen molar-refractivity contribution >= 4 is 17.7 Å². The van der Waals surface area contributed by atoms with Crippen LogP contribution in [0.25, 0.3) is 0 Å². The van der Waals surface area contributed by atoms with Gasteiger partial charge in [-0.25, -0.2) is 0 Å². The number of thioether (sulfide) groups is 1. The Morgan fingerprint density at radius 3 is 2.84 bits per heavy atom. The molecular weight excluding hydrogens is 330 g/mol. The second-order valence-electron chi connectivity index (χ2n) is 7.31. The maximum atomic E-state index is 6.10. The second kappa shape index (κ2) is 8.95. The lowest BCUT2D eigenvalue weighted by molar-refractivity contribution is -0.0265. The molecule has 2 aliphatic heterocycles. The largest absolute Gasteiger partial charge is 0.373 e. The van der Waals surface area contributed by atoms with E-state index in [1.54, 1.807) is 0 Å². The predicted octanol–water partition coefficient (Wildman–Crippen LogP) is 3.61. The summed E-state index contributed by atoms with van der Waals surface area (Å²) in [6, 6.07) is 10.6. The Labute approximate surface area is 156 Å². The first kappa shape index (κ1) is 18.6. The molecule has 0 aliphatic carbocycles. The Kier molecular flexibility index (Phi) is 6.65. The first-order valence-electron chi connectivity index (χ1n) is 9.45. The van der Waals surface area contributed by atoms with Gasteiger partial charge in [0.05, 0.1) is 6.10 Å². The van der Waals surface area contributed by atoms with E-state index in [1.807, 2.05) is 7.05 Å². The topological polar surface area (TPSA) is 45.7 Å². The number of nitrogens with zero attached hydrogens (tertiary/aromatic N) is 1. The summed E-state index contributed by atoms with van der Waals surface area (Å²) >= 11 is 2.08. The zero-order valence-electron chi connectivity index (χ0n) is 15.5. The van der Waals surface area contributed by atoms with Crippen molar-refractivity contribution in [3.63, 3.8) is 0 Å². The van der Waals surface area contributed by atoms with Gasteiger partial charge >= 0.3 is 0 Å². The lowest BCUT2D eigenvalue weighted by Crippen LogP contribution is -2.46. The average molecular weight is 362 g/mol. The van der Waals surface area contributed by atoms with Crippen LogP contribution in [0, 0.1) is 5.92 Å². The van der Waals surface area contributed by atoms with Crippen LogP contribution in [-0.4, -0.2) is 43.2 Å². The molecule has 3 rings (SSSR count). The first-order chi connectivity index (χ1) is 12.2. The molecule has 2 saturated heterocycles. The van der Waals surface area contributed by atoms with E-state index in [4.69, 9.17) is 4.74 Å². The third kappa shape index (κ3) is 5.14. The van der Waals surface area contributed by atoms with Crippen LogP contribution in [0.2, 0.25) is 0 Å². The molecule has 5 heteroatoms. The number of benzene rings is 1. The number of rotatable bonds is 5. The fourth-order valence-electron chi connectivity index (χ4n) is 3.76. The van der Waals surface area contributed by atoms with E-state index < -0.39 is 0 Å². The molecule has 2 fully saturated rings. The molecule has 1 aromatic rings. The predicted molar refractivity (Wildman–Crippen MR) is 107 cm³/mol. The van der Waals surface area contributed by atoms with Gasteiger partial charge in [0.2, 0.25) is 0 Å². The molecule has 1 aromatic carbocycles. The molecule has 0 radical (unpaired) electrons. The number of hydrogen-bond acceptors (Lipinski definition) is 3. The summed E-state index contributed by atoms with van der Waals surface area (Å²) in [6.07, 6.45) is 5.12. The number of guanidine groups is 1. The van der Waals surface area contributed by atoms with Gasteiger partial charge in [0.25, 0.3) is 0 Å². The molecule has 2 aliphatic rings. The minimum absolute atomic E-state index is 0.184. The van der Waals surface area contributed by atoms with Gasteiger partial charge in [0, 0.05) is 37.4 Å². The lowest BCUT2D eigenvalue weighted by atomic mass is 9.89. The third-order valence-corrected chi connectivity index (χ3v) is 6.80. The van der Waals surface area contributed by atoms with E-state index in [-0.39, 0.29) is 6.10 Å². The van der Waals surface area contributed by atoms with Crippen LogP contribution >= 0.6 is 11.8 Å². The standard InChI is InChI=1S/C20H31N3OS/c1-20(11-7-13-25-20)15-23-19(21-2)22-14-17-10-6-12-24-18(17)16-8-4-3-5-9-16/h3-5,8-9,17-18H,6-7,10-15H2,1-2H3,(H2,21,22,23). The van der Waals surface area contributed by atoms with Gasteiger partial charge in [0.15, 0.2) is 5.96 Å². The van der Waals surface area contributed by atoms with Crippen molar-refractivity contribution in [2.75, 3.05) is 32.5 Å². The van der Waals surface area contributed by atoms with Crippen molar-refractivity contribution in [3.05, 3.63) is 35.9 Å². The highest BCUT2D eigenvalue weighted by atomic mass is 32.2. The Bertz CT molecular complexity index is 557. The van der Waals surface area contributed by atoms with E-state index >= 15 is 0 Å². The van der Waals surface area contributed by atoms with Crippen LogP contribution in [0.3, 0.4) is 0 Å². The number of nitrogens with one attached hydrogen (secondary N) is 2. The Morgan fingerprint density at radius 2 is 2.12 bits per heavy atom. The lowest BCUT2D eigenvalue weighted by Gasteiger charge is -2.33. The zero-order valence-corrected chi connectivity index (χ0v) is 16.3. The highest BCUT2D eigenvalue weighted by Crippen LogP contribution is 2.37. The van der Waals surface area contributed by atoms with Gasteiger partial charge in [-0.05, 0) is 43.9 Å². The van der Waals surface area contributed by atoms with Gasteiger partial charge < -0.3 is 15.4 Å². The molecule has 3 unspecified atom stereocenters. The fourth-order valence-corrected chi connectivity index (χ4v) is 5.00. The normalized spacial score (nSPS) is 30.2. The van der Waals surface area contributed by atoms with Crippen LogP contribution in [0.5, 0.6) is 0 Å². The summed E-state index contributed by atoms with van der Waals surface area (Å²) in [7, 11) is 1.85. The van der Waals surface area contributed by atoms with E-state index in [0.29, 0.717) is 10.7 Å². The summed E-state index contributed by atoms with van der Waals surface area (Å²) in [5, 5.41) is 7.05. The molecule has 2 heterocycles. The number of aliphatic imine (C=N–C) groups is 1. The Balaban J connectivity index is 1.52. The third-order valence-electron chi connectivity index (χ3n) is 5.26. The molecule has 0 saturated carbocycles. The number of ether oxygens (including phenoxy) is 1. The summed E-state index contributed by atoms with van der Waals surface area (Å²) < 4.78 is 6.44. The highest BCUT2D eigenvalue weighted by molar-refractivity contribution is 8.00. The SMILES string of the molecule is CN=C(NCC1CCCOC1c1ccccc1)NCC1(C)CCCS1. The van der Waals surface area contributed by atoms with Crippen LogP contribution in [0.15, 0.2) is 35.3 Å². The van der Waals surface area contributed by atoms with Gasteiger partial charge in [-0.1, -0.05) is 30.3 Å². The van der Waals surface area contributed by atoms with Crippen molar-refractivity contribution in [2.24, 2.45) is 10.9 Å². The molecule has 0 aromatic heterocycles. The monoisotopic (exact) mass is 361 g/mol. The van der Waals surface area contributed by atoms with Crippen LogP contribution in [0.4, 0.5) is 0 Å². The average Bonchev–Trinajstić information content (AvgIpc) is 3.10. The van der Waals surface area contributed by atoms with Gasteiger partial charge in [-0.2, -0.15) is 11.8 Å². The molecule has 4 nitrogen and oxygen atoms in total. The molecule has 0 spiro atoms. The van der Waals surface area contributed by atoms with Crippen molar-refractivity contribution in [2.45, 2.75) is 43.5 Å². The van der Waals surface area contributed by atoms with E-state index in [1.165, 1.54) is 30.6 Å². The van der Waals surface area contributed by atoms with E-state index in [0.717, 1.165) is 32.1 Å². The van der Waals surface area contributed by atoms with E-state index in [2.05, 4.69) is 64.6 Å². The van der Waals surface area contributed by atoms with Gasteiger partial charge in [0.1, 0.15) is 0 Å². The van der Waals surface area contributed by atoms with Crippen molar-refractivity contribution in [3.8, 4) is 0 Å². The quantitative estimate of drug-likeness (QED) is 0.621. The minimum atomic E-state index is 0.184. The Morgan fingerprint density at radius 1 is 1.28 bits per heavy atom. The smallest absolute Gasteiger partial charge is 0.191 e. The van der Waals surface area contributed by atoms with Crippen molar-refractivity contribution in [1.82, 2.24) is 10.6 Å². The molecule has 25 heavy (non-hydrogen) atoms. The van der Waals surface area contributed by atoms with Gasteiger partial charge in [-0.3, -0.25) is 4.99 Å².